The maximum atomic E-state index is 6.97. The third kappa shape index (κ3) is 3.46. The molecule has 1 aromatic rings. The molecule has 1 saturated heterocycles. The number of benzene rings is 1. The van der Waals surface area contributed by atoms with Crippen molar-refractivity contribution in [2.75, 3.05) is 6.61 Å². The van der Waals surface area contributed by atoms with Crippen molar-refractivity contribution in [3.05, 3.63) is 34.4 Å². The molecule has 0 aromatic heterocycles. The molecule has 0 spiro atoms. The Balaban J connectivity index is 2.41. The first-order valence-electron chi connectivity index (χ1n) is 8.56. The molecule has 0 amide bonds. The van der Waals surface area contributed by atoms with Gasteiger partial charge in [-0.1, -0.05) is 39.8 Å². The van der Waals surface area contributed by atoms with Crippen LogP contribution in [0.1, 0.15) is 68.2 Å². The molecule has 1 aromatic carbocycles. The van der Waals surface area contributed by atoms with Gasteiger partial charge < -0.3 is 4.74 Å². The highest BCUT2D eigenvalue weighted by Gasteiger charge is 2.35. The van der Waals surface area contributed by atoms with Crippen LogP contribution in [0.4, 0.5) is 0 Å². The van der Waals surface area contributed by atoms with E-state index in [4.69, 9.17) is 16.3 Å². The quantitative estimate of drug-likeness (QED) is 0.633. The number of rotatable bonds is 6. The van der Waals surface area contributed by atoms with E-state index in [2.05, 4.69) is 39.8 Å². The van der Waals surface area contributed by atoms with E-state index in [-0.39, 0.29) is 5.38 Å². The van der Waals surface area contributed by atoms with Crippen LogP contribution in [0.2, 0.25) is 0 Å². The second kappa shape index (κ2) is 7.65. The second-order valence-corrected chi connectivity index (χ2v) is 6.53. The highest BCUT2D eigenvalue weighted by atomic mass is 35.5. The fourth-order valence-corrected chi connectivity index (χ4v) is 4.20. The van der Waals surface area contributed by atoms with Gasteiger partial charge in [0.25, 0.3) is 0 Å². The van der Waals surface area contributed by atoms with Crippen molar-refractivity contribution in [2.45, 2.75) is 71.3 Å². The largest absolute Gasteiger partial charge is 0.378 e. The molecule has 118 valence electrons. The van der Waals surface area contributed by atoms with Crippen molar-refractivity contribution < 1.29 is 4.74 Å². The van der Waals surface area contributed by atoms with E-state index < -0.39 is 0 Å². The van der Waals surface area contributed by atoms with Gasteiger partial charge >= 0.3 is 0 Å². The Kier molecular flexibility index (Phi) is 6.13. The molecule has 0 saturated carbocycles. The van der Waals surface area contributed by atoms with Gasteiger partial charge in [0.1, 0.15) is 0 Å². The van der Waals surface area contributed by atoms with Crippen LogP contribution < -0.4 is 0 Å². The van der Waals surface area contributed by atoms with Gasteiger partial charge in [-0.15, -0.1) is 11.6 Å². The molecule has 21 heavy (non-hydrogen) atoms. The van der Waals surface area contributed by atoms with Gasteiger partial charge in [-0.2, -0.15) is 0 Å². The molecular weight excluding hydrogens is 280 g/mol. The van der Waals surface area contributed by atoms with E-state index in [0.29, 0.717) is 12.0 Å². The van der Waals surface area contributed by atoms with Gasteiger partial charge in [0.2, 0.25) is 0 Å². The van der Waals surface area contributed by atoms with Crippen LogP contribution in [0, 0.1) is 5.92 Å². The SMILES string of the molecule is CCc1cc(CC)c(C(Cl)C2CCOC2CC)c(CC)c1. The summed E-state index contributed by atoms with van der Waals surface area (Å²) in [6, 6.07) is 4.72. The van der Waals surface area contributed by atoms with E-state index in [1.165, 1.54) is 22.3 Å². The van der Waals surface area contributed by atoms with Crippen LogP contribution in [0.25, 0.3) is 0 Å². The summed E-state index contributed by atoms with van der Waals surface area (Å²) in [5.74, 6) is 0.458. The Hall–Kier alpha value is -0.530. The maximum Gasteiger partial charge on any atom is 0.0644 e. The molecule has 2 heteroatoms. The van der Waals surface area contributed by atoms with E-state index >= 15 is 0 Å². The lowest BCUT2D eigenvalue weighted by Crippen LogP contribution is -2.21. The molecule has 3 atom stereocenters. The number of ether oxygens (including phenoxy) is 1. The minimum absolute atomic E-state index is 0.0910. The lowest BCUT2D eigenvalue weighted by molar-refractivity contribution is 0.0863. The van der Waals surface area contributed by atoms with Crippen LogP contribution in [0.5, 0.6) is 0 Å². The monoisotopic (exact) mass is 308 g/mol. The first-order valence-corrected chi connectivity index (χ1v) is 8.99. The summed E-state index contributed by atoms with van der Waals surface area (Å²) in [6.45, 7) is 9.77. The van der Waals surface area contributed by atoms with Crippen molar-refractivity contribution in [2.24, 2.45) is 5.92 Å². The Morgan fingerprint density at radius 3 is 2.19 bits per heavy atom. The van der Waals surface area contributed by atoms with Crippen LogP contribution in [0.3, 0.4) is 0 Å². The van der Waals surface area contributed by atoms with Crippen LogP contribution in [-0.2, 0) is 24.0 Å². The van der Waals surface area contributed by atoms with Gasteiger partial charge in [-0.3, -0.25) is 0 Å². The van der Waals surface area contributed by atoms with Gasteiger partial charge in [0.05, 0.1) is 11.5 Å². The predicted molar refractivity (Wildman–Crippen MR) is 91.3 cm³/mol. The highest BCUT2D eigenvalue weighted by molar-refractivity contribution is 6.21. The Morgan fingerprint density at radius 1 is 1.10 bits per heavy atom. The number of aryl methyl sites for hydroxylation is 3. The molecule has 1 nitrogen and oxygen atoms in total. The minimum atomic E-state index is 0.0910. The van der Waals surface area contributed by atoms with E-state index in [9.17, 15) is 0 Å². The standard InChI is InChI=1S/C19H29ClO/c1-5-13-11-14(6-2)18(15(7-3)12-13)19(20)16-9-10-21-17(16)8-4/h11-12,16-17,19H,5-10H2,1-4H3. The van der Waals surface area contributed by atoms with E-state index in [0.717, 1.165) is 38.7 Å². The van der Waals surface area contributed by atoms with Crippen molar-refractivity contribution >= 4 is 11.6 Å². The average molecular weight is 309 g/mol. The minimum Gasteiger partial charge on any atom is -0.378 e. The topological polar surface area (TPSA) is 9.23 Å². The number of hydrogen-bond donors (Lipinski definition) is 0. The third-order valence-electron chi connectivity index (χ3n) is 4.90. The Morgan fingerprint density at radius 2 is 1.71 bits per heavy atom. The molecule has 0 N–H and O–H groups in total. The fraction of sp³-hybridized carbons (Fsp3) is 0.684. The summed E-state index contributed by atoms with van der Waals surface area (Å²) in [7, 11) is 0. The third-order valence-corrected chi connectivity index (χ3v) is 5.44. The number of hydrogen-bond acceptors (Lipinski definition) is 1. The Bertz CT molecular complexity index is 444. The Labute approximate surface area is 135 Å². The van der Waals surface area contributed by atoms with Gasteiger partial charge in [0, 0.05) is 12.5 Å². The van der Waals surface area contributed by atoms with Crippen LogP contribution in [0.15, 0.2) is 12.1 Å². The summed E-state index contributed by atoms with van der Waals surface area (Å²) in [5, 5.41) is 0.0910. The van der Waals surface area contributed by atoms with Crippen molar-refractivity contribution in [3.8, 4) is 0 Å². The normalized spacial score (nSPS) is 23.5. The molecule has 1 aliphatic rings. The van der Waals surface area contributed by atoms with E-state index in [1.807, 2.05) is 0 Å². The molecule has 1 aliphatic heterocycles. The molecule has 3 unspecified atom stereocenters. The first kappa shape index (κ1) is 16.8. The molecule has 2 rings (SSSR count). The smallest absolute Gasteiger partial charge is 0.0644 e. The van der Waals surface area contributed by atoms with Crippen LogP contribution >= 0.6 is 11.6 Å². The second-order valence-electron chi connectivity index (χ2n) is 6.06. The molecule has 1 fully saturated rings. The van der Waals surface area contributed by atoms with Gasteiger partial charge in [-0.25, -0.2) is 0 Å². The highest BCUT2D eigenvalue weighted by Crippen LogP contribution is 2.42. The van der Waals surface area contributed by atoms with E-state index in [1.54, 1.807) is 0 Å². The van der Waals surface area contributed by atoms with Crippen LogP contribution in [-0.4, -0.2) is 12.7 Å². The summed E-state index contributed by atoms with van der Waals surface area (Å²) >= 11 is 6.97. The maximum absolute atomic E-state index is 6.97. The summed E-state index contributed by atoms with van der Waals surface area (Å²) < 4.78 is 5.86. The molecule has 1 heterocycles. The molecular formula is C19H29ClO. The molecule has 0 aliphatic carbocycles. The first-order chi connectivity index (χ1) is 10.2. The van der Waals surface area contributed by atoms with Crippen molar-refractivity contribution in [3.63, 3.8) is 0 Å². The van der Waals surface area contributed by atoms with Crippen molar-refractivity contribution in [1.29, 1.82) is 0 Å². The zero-order valence-corrected chi connectivity index (χ0v) is 14.7. The summed E-state index contributed by atoms with van der Waals surface area (Å²) in [4.78, 5) is 0. The molecule has 0 bridgehead atoms. The zero-order chi connectivity index (χ0) is 15.4. The summed E-state index contributed by atoms with van der Waals surface area (Å²) in [6.07, 6.45) is 5.69. The predicted octanol–water partition coefficient (Wildman–Crippen LogP) is 5.47. The van der Waals surface area contributed by atoms with Crippen molar-refractivity contribution in [1.82, 2.24) is 0 Å². The summed E-state index contributed by atoms with van der Waals surface area (Å²) in [5.41, 5.74) is 5.71. The number of halogens is 1. The lowest BCUT2D eigenvalue weighted by Gasteiger charge is -2.27. The lowest BCUT2D eigenvalue weighted by atomic mass is 9.84. The fourth-order valence-electron chi connectivity index (χ4n) is 3.63. The van der Waals surface area contributed by atoms with Gasteiger partial charge in [0.15, 0.2) is 0 Å². The number of alkyl halides is 1. The average Bonchev–Trinajstić information content (AvgIpc) is 3.01. The zero-order valence-electron chi connectivity index (χ0n) is 13.9. The van der Waals surface area contributed by atoms with Gasteiger partial charge in [-0.05, 0) is 54.4 Å². The molecule has 0 radical (unpaired) electrons.